The number of hydrogen-bond donors (Lipinski definition) is 2. The van der Waals surface area contributed by atoms with E-state index < -0.39 is 11.9 Å². The minimum Gasteiger partial charge on any atom is -0.478 e. The van der Waals surface area contributed by atoms with Crippen molar-refractivity contribution in [1.29, 1.82) is 0 Å². The molecule has 6 heteroatoms. The number of ether oxygens (including phenoxy) is 1. The van der Waals surface area contributed by atoms with Gasteiger partial charge in [0.15, 0.2) is 0 Å². The molecule has 0 saturated carbocycles. The summed E-state index contributed by atoms with van der Waals surface area (Å²) in [6.07, 6.45) is 15.4. The van der Waals surface area contributed by atoms with Gasteiger partial charge in [-0.25, -0.2) is 9.59 Å². The first kappa shape index (κ1) is 31.6. The van der Waals surface area contributed by atoms with Gasteiger partial charge in [0.05, 0.1) is 17.7 Å². The predicted octanol–water partition coefficient (Wildman–Crippen LogP) is 7.46. The SMILES string of the molecule is CCCCCCCCc1ccc(C(=O)O)c(C(=O)O)c1CCCCCCCC.CCOC(C)=O. The first-order valence-electron chi connectivity index (χ1n) is 13.0. The molecule has 2 N–H and O–H groups in total. The standard InChI is InChI=1S/C24H38O4.C4H8O2/c1-3-5-7-9-11-13-15-19-17-18-21(23(25)26)22(24(27)28)20(19)16-14-12-10-8-6-4-2;1-3-6-4(2)5/h17-18H,3-16H2,1-2H3,(H,25,26)(H,27,28);3H2,1-2H3. The summed E-state index contributed by atoms with van der Waals surface area (Å²) in [5, 5.41) is 19.1. The van der Waals surface area contributed by atoms with Crippen LogP contribution in [0.25, 0.3) is 0 Å². The van der Waals surface area contributed by atoms with Crippen LogP contribution in [0.1, 0.15) is 137 Å². The van der Waals surface area contributed by atoms with E-state index in [1.165, 1.54) is 57.9 Å². The van der Waals surface area contributed by atoms with Gasteiger partial charge in [-0.2, -0.15) is 0 Å². The number of carboxylic acid groups (broad SMARTS) is 2. The van der Waals surface area contributed by atoms with Crippen LogP contribution in [0.5, 0.6) is 0 Å². The molecule has 0 bridgehead atoms. The molecule has 34 heavy (non-hydrogen) atoms. The minimum atomic E-state index is -1.16. The van der Waals surface area contributed by atoms with E-state index in [1.54, 1.807) is 6.92 Å². The molecule has 0 aliphatic carbocycles. The number of carbonyl (C=O) groups excluding carboxylic acids is 1. The smallest absolute Gasteiger partial charge is 0.336 e. The topological polar surface area (TPSA) is 101 Å². The zero-order chi connectivity index (χ0) is 25.8. The van der Waals surface area contributed by atoms with Crippen molar-refractivity contribution in [2.75, 3.05) is 6.61 Å². The zero-order valence-corrected chi connectivity index (χ0v) is 21.8. The molecule has 0 aliphatic heterocycles. The fraction of sp³-hybridized carbons (Fsp3) is 0.679. The van der Waals surface area contributed by atoms with Crippen molar-refractivity contribution in [3.63, 3.8) is 0 Å². The number of esters is 1. The summed E-state index contributed by atoms with van der Waals surface area (Å²) in [4.78, 5) is 33.2. The maximum Gasteiger partial charge on any atom is 0.336 e. The number of carbonyl (C=O) groups is 3. The van der Waals surface area contributed by atoms with Gasteiger partial charge >= 0.3 is 17.9 Å². The first-order chi connectivity index (χ1) is 16.3. The van der Waals surface area contributed by atoms with E-state index in [1.807, 2.05) is 6.07 Å². The summed E-state index contributed by atoms with van der Waals surface area (Å²) in [6, 6.07) is 3.32. The molecule has 0 amide bonds. The monoisotopic (exact) mass is 478 g/mol. The van der Waals surface area contributed by atoms with Crippen molar-refractivity contribution in [3.8, 4) is 0 Å². The number of rotatable bonds is 17. The Labute approximate surface area is 206 Å². The fourth-order valence-electron chi connectivity index (χ4n) is 4.01. The Morgan fingerprint density at radius 1 is 0.706 bits per heavy atom. The average molecular weight is 479 g/mol. The Balaban J connectivity index is 0.00000160. The fourth-order valence-corrected chi connectivity index (χ4v) is 4.01. The van der Waals surface area contributed by atoms with Gasteiger partial charge in [-0.05, 0) is 49.8 Å². The van der Waals surface area contributed by atoms with E-state index in [-0.39, 0.29) is 17.1 Å². The number of aromatic carboxylic acids is 2. The molecule has 1 rings (SSSR count). The molecule has 0 unspecified atom stereocenters. The summed E-state index contributed by atoms with van der Waals surface area (Å²) in [5.41, 5.74) is 1.69. The van der Waals surface area contributed by atoms with E-state index in [2.05, 4.69) is 18.6 Å². The molecule has 0 radical (unpaired) electrons. The van der Waals surface area contributed by atoms with Crippen LogP contribution in [0.3, 0.4) is 0 Å². The van der Waals surface area contributed by atoms with E-state index in [0.29, 0.717) is 13.0 Å². The molecule has 1 aromatic carbocycles. The van der Waals surface area contributed by atoms with Crippen LogP contribution in [-0.2, 0) is 22.4 Å². The van der Waals surface area contributed by atoms with E-state index in [0.717, 1.165) is 49.7 Å². The lowest BCUT2D eigenvalue weighted by Crippen LogP contribution is -2.14. The van der Waals surface area contributed by atoms with Gasteiger partial charge in [0.2, 0.25) is 0 Å². The maximum absolute atomic E-state index is 11.9. The lowest BCUT2D eigenvalue weighted by molar-refractivity contribution is -0.140. The van der Waals surface area contributed by atoms with Crippen molar-refractivity contribution < 1.29 is 29.3 Å². The molecule has 0 spiro atoms. The zero-order valence-electron chi connectivity index (χ0n) is 21.8. The van der Waals surface area contributed by atoms with Crippen LogP contribution >= 0.6 is 0 Å². The highest BCUT2D eigenvalue weighted by molar-refractivity contribution is 6.03. The lowest BCUT2D eigenvalue weighted by atomic mass is 9.89. The molecule has 0 aliphatic rings. The normalized spacial score (nSPS) is 10.4. The van der Waals surface area contributed by atoms with E-state index >= 15 is 0 Å². The summed E-state index contributed by atoms with van der Waals surface area (Å²) >= 11 is 0. The second-order valence-corrected chi connectivity index (χ2v) is 8.70. The highest BCUT2D eigenvalue weighted by Gasteiger charge is 2.22. The number of hydrogen-bond acceptors (Lipinski definition) is 4. The number of unbranched alkanes of at least 4 members (excludes halogenated alkanes) is 10. The van der Waals surface area contributed by atoms with Gasteiger partial charge in [-0.1, -0.05) is 84.1 Å². The molecule has 6 nitrogen and oxygen atoms in total. The number of aryl methyl sites for hydroxylation is 1. The highest BCUT2D eigenvalue weighted by Crippen LogP contribution is 2.25. The average Bonchev–Trinajstić information content (AvgIpc) is 2.78. The first-order valence-corrected chi connectivity index (χ1v) is 13.0. The molecule has 1 aromatic rings. The van der Waals surface area contributed by atoms with Crippen LogP contribution in [0, 0.1) is 0 Å². The molecular weight excluding hydrogens is 432 g/mol. The van der Waals surface area contributed by atoms with Crippen LogP contribution in [0.15, 0.2) is 12.1 Å². The Bertz CT molecular complexity index is 726. The van der Waals surface area contributed by atoms with Crippen molar-refractivity contribution in [1.82, 2.24) is 0 Å². The van der Waals surface area contributed by atoms with Crippen molar-refractivity contribution in [2.24, 2.45) is 0 Å². The van der Waals surface area contributed by atoms with Crippen molar-refractivity contribution >= 4 is 17.9 Å². The summed E-state index contributed by atoms with van der Waals surface area (Å²) in [7, 11) is 0. The molecule has 0 saturated heterocycles. The van der Waals surface area contributed by atoms with Gasteiger partial charge < -0.3 is 14.9 Å². The molecular formula is C28H46O6. The Kier molecular flexibility index (Phi) is 18.6. The third kappa shape index (κ3) is 14.0. The van der Waals surface area contributed by atoms with Gasteiger partial charge in [-0.3, -0.25) is 4.79 Å². The van der Waals surface area contributed by atoms with Crippen LogP contribution < -0.4 is 0 Å². The molecule has 194 valence electrons. The minimum absolute atomic E-state index is 0.00420. The number of benzene rings is 1. The second-order valence-electron chi connectivity index (χ2n) is 8.70. The second kappa shape index (κ2) is 20.0. The highest BCUT2D eigenvalue weighted by atomic mass is 16.5. The third-order valence-electron chi connectivity index (χ3n) is 5.78. The molecule has 0 aromatic heterocycles. The van der Waals surface area contributed by atoms with Crippen molar-refractivity contribution in [3.05, 3.63) is 34.4 Å². The summed E-state index contributed by atoms with van der Waals surface area (Å²) in [5.74, 6) is -2.49. The predicted molar refractivity (Wildman–Crippen MR) is 137 cm³/mol. The van der Waals surface area contributed by atoms with Gasteiger partial charge in [0.1, 0.15) is 0 Å². The summed E-state index contributed by atoms with van der Waals surface area (Å²) in [6.45, 7) is 8.04. The quantitative estimate of drug-likeness (QED) is 0.178. The van der Waals surface area contributed by atoms with E-state index in [9.17, 15) is 24.6 Å². The Morgan fingerprint density at radius 2 is 1.21 bits per heavy atom. The van der Waals surface area contributed by atoms with E-state index in [4.69, 9.17) is 0 Å². The van der Waals surface area contributed by atoms with Crippen LogP contribution in [0.2, 0.25) is 0 Å². The maximum atomic E-state index is 11.9. The van der Waals surface area contributed by atoms with Crippen molar-refractivity contribution in [2.45, 2.75) is 118 Å². The largest absolute Gasteiger partial charge is 0.478 e. The molecule has 0 heterocycles. The lowest BCUT2D eigenvalue weighted by Gasteiger charge is -2.15. The molecule has 0 fully saturated rings. The van der Waals surface area contributed by atoms with Gasteiger partial charge in [0.25, 0.3) is 0 Å². The van der Waals surface area contributed by atoms with Crippen LogP contribution in [0.4, 0.5) is 0 Å². The summed E-state index contributed by atoms with van der Waals surface area (Å²) < 4.78 is 4.40. The van der Waals surface area contributed by atoms with Gasteiger partial charge in [-0.15, -0.1) is 0 Å². The number of carboxylic acids is 2. The van der Waals surface area contributed by atoms with Gasteiger partial charge in [0, 0.05) is 6.92 Å². The third-order valence-corrected chi connectivity index (χ3v) is 5.78. The Hall–Kier alpha value is -2.37. The Morgan fingerprint density at radius 3 is 1.62 bits per heavy atom. The van der Waals surface area contributed by atoms with Crippen LogP contribution in [-0.4, -0.2) is 34.7 Å². The molecule has 0 atom stereocenters.